The number of carbonyl (C=O) groups is 1. The molecule has 1 amide bonds. The van der Waals surface area contributed by atoms with Crippen molar-refractivity contribution in [3.63, 3.8) is 0 Å². The van der Waals surface area contributed by atoms with Crippen molar-refractivity contribution in [3.05, 3.63) is 82.5 Å². The summed E-state index contributed by atoms with van der Waals surface area (Å²) in [5, 5.41) is 8.68. The van der Waals surface area contributed by atoms with Crippen LogP contribution in [0.15, 0.2) is 60.7 Å². The van der Waals surface area contributed by atoms with Gasteiger partial charge >= 0.3 is 0 Å². The van der Waals surface area contributed by atoms with Gasteiger partial charge in [0.1, 0.15) is 5.82 Å². The van der Waals surface area contributed by atoms with Crippen LogP contribution < -0.4 is 10.2 Å². The number of nitrogens with zero attached hydrogens (tertiary/aromatic N) is 4. The highest BCUT2D eigenvalue weighted by Gasteiger charge is 2.26. The van der Waals surface area contributed by atoms with Gasteiger partial charge in [-0.25, -0.2) is 4.98 Å². The van der Waals surface area contributed by atoms with E-state index < -0.39 is 0 Å². The van der Waals surface area contributed by atoms with Crippen LogP contribution in [0.2, 0.25) is 5.02 Å². The van der Waals surface area contributed by atoms with E-state index in [0.29, 0.717) is 11.6 Å². The minimum absolute atomic E-state index is 0.0295. The van der Waals surface area contributed by atoms with Crippen molar-refractivity contribution in [2.75, 3.05) is 18.0 Å². The minimum Gasteiger partial charge on any atom is -0.356 e. The zero-order chi connectivity index (χ0) is 24.4. The van der Waals surface area contributed by atoms with Crippen molar-refractivity contribution >= 4 is 29.0 Å². The molecular formula is C28H30ClN5O. The molecule has 0 spiro atoms. The van der Waals surface area contributed by atoms with E-state index in [1.54, 1.807) is 0 Å². The number of aromatic nitrogens is 3. The molecule has 6 nitrogen and oxygen atoms in total. The Kier molecular flexibility index (Phi) is 6.73. The number of fused-ring (bicyclic) bond motifs is 1. The minimum atomic E-state index is 0.0295. The van der Waals surface area contributed by atoms with Gasteiger partial charge in [0.15, 0.2) is 5.65 Å². The van der Waals surface area contributed by atoms with E-state index in [0.717, 1.165) is 66.3 Å². The maximum atomic E-state index is 12.8. The van der Waals surface area contributed by atoms with E-state index in [-0.39, 0.29) is 11.8 Å². The molecule has 4 aromatic rings. The Bertz CT molecular complexity index is 1320. The lowest BCUT2D eigenvalue weighted by atomic mass is 9.95. The number of nitrogens with one attached hydrogen (secondary N) is 1. The number of amides is 1. The monoisotopic (exact) mass is 487 g/mol. The fraction of sp³-hybridized carbons (Fsp3) is 0.321. The fourth-order valence-electron chi connectivity index (χ4n) is 4.66. The Morgan fingerprint density at radius 1 is 1.03 bits per heavy atom. The summed E-state index contributed by atoms with van der Waals surface area (Å²) in [6, 6.07) is 20.2. The van der Waals surface area contributed by atoms with Gasteiger partial charge in [-0.2, -0.15) is 9.61 Å². The molecule has 180 valence electrons. The van der Waals surface area contributed by atoms with Gasteiger partial charge in [0, 0.05) is 54.0 Å². The summed E-state index contributed by atoms with van der Waals surface area (Å²) in [6.07, 6.45) is 2.65. The van der Waals surface area contributed by atoms with Gasteiger partial charge in [0.05, 0.1) is 5.69 Å². The second kappa shape index (κ2) is 10.1. The topological polar surface area (TPSA) is 62.5 Å². The van der Waals surface area contributed by atoms with Crippen LogP contribution in [0.3, 0.4) is 0 Å². The third-order valence-corrected chi connectivity index (χ3v) is 7.02. The third-order valence-electron chi connectivity index (χ3n) is 6.76. The maximum absolute atomic E-state index is 12.8. The standard InChI is InChI=1S/C28H30ClN5O/c1-3-20-4-6-21(7-5-20)18-30-28(35)23-12-14-33(15-13-23)27-16-19(2)31-26-17-25(32-34(26)27)22-8-10-24(29)11-9-22/h4-11,16-17,23H,3,12-15,18H2,1-2H3,(H,30,35). The molecule has 35 heavy (non-hydrogen) atoms. The van der Waals surface area contributed by atoms with Crippen LogP contribution in [0.25, 0.3) is 16.9 Å². The van der Waals surface area contributed by atoms with Crippen LogP contribution in [0, 0.1) is 12.8 Å². The number of anilines is 1. The van der Waals surface area contributed by atoms with Gasteiger partial charge in [0.25, 0.3) is 0 Å². The zero-order valence-corrected chi connectivity index (χ0v) is 20.9. The Morgan fingerprint density at radius 2 is 1.71 bits per heavy atom. The number of carbonyl (C=O) groups excluding carboxylic acids is 1. The summed E-state index contributed by atoms with van der Waals surface area (Å²) in [5.41, 5.74) is 6.08. The zero-order valence-electron chi connectivity index (χ0n) is 20.2. The van der Waals surface area contributed by atoms with Crippen LogP contribution in [0.1, 0.15) is 36.6 Å². The largest absolute Gasteiger partial charge is 0.356 e. The van der Waals surface area contributed by atoms with Crippen molar-refractivity contribution in [2.45, 2.75) is 39.7 Å². The van der Waals surface area contributed by atoms with Crippen molar-refractivity contribution in [1.29, 1.82) is 0 Å². The molecule has 1 N–H and O–H groups in total. The predicted molar refractivity (Wildman–Crippen MR) is 141 cm³/mol. The van der Waals surface area contributed by atoms with Gasteiger partial charge < -0.3 is 10.2 Å². The number of rotatable bonds is 6. The molecule has 1 saturated heterocycles. The third kappa shape index (κ3) is 5.17. The quantitative estimate of drug-likeness (QED) is 0.392. The van der Waals surface area contributed by atoms with Crippen LogP contribution in [-0.2, 0) is 17.8 Å². The number of piperidine rings is 1. The first-order valence-electron chi connectivity index (χ1n) is 12.2. The van der Waals surface area contributed by atoms with Crippen molar-refractivity contribution < 1.29 is 4.79 Å². The summed E-state index contributed by atoms with van der Waals surface area (Å²) in [5.74, 6) is 1.19. The summed E-state index contributed by atoms with van der Waals surface area (Å²) in [7, 11) is 0. The number of benzene rings is 2. The average Bonchev–Trinajstić information content (AvgIpc) is 3.31. The first kappa shape index (κ1) is 23.4. The molecule has 5 rings (SSSR count). The molecule has 3 heterocycles. The van der Waals surface area contributed by atoms with Crippen molar-refractivity contribution in [2.24, 2.45) is 5.92 Å². The molecule has 0 radical (unpaired) electrons. The van der Waals surface area contributed by atoms with Gasteiger partial charge in [-0.3, -0.25) is 4.79 Å². The Labute approximate surface area is 210 Å². The molecule has 0 bridgehead atoms. The summed E-state index contributed by atoms with van der Waals surface area (Å²) in [6.45, 7) is 6.34. The van der Waals surface area contributed by atoms with Crippen LogP contribution in [0.5, 0.6) is 0 Å². The smallest absolute Gasteiger partial charge is 0.223 e. The Hall–Kier alpha value is -3.38. The summed E-state index contributed by atoms with van der Waals surface area (Å²) >= 11 is 6.05. The van der Waals surface area contributed by atoms with E-state index in [9.17, 15) is 4.79 Å². The maximum Gasteiger partial charge on any atom is 0.223 e. The fourth-order valence-corrected chi connectivity index (χ4v) is 4.79. The van der Waals surface area contributed by atoms with Gasteiger partial charge in [-0.05, 0) is 49.4 Å². The normalized spacial score (nSPS) is 14.4. The van der Waals surface area contributed by atoms with E-state index in [4.69, 9.17) is 16.7 Å². The molecule has 0 atom stereocenters. The molecule has 2 aromatic carbocycles. The average molecular weight is 488 g/mol. The molecular weight excluding hydrogens is 458 g/mol. The molecule has 0 unspecified atom stereocenters. The second-order valence-corrected chi connectivity index (χ2v) is 9.65. The first-order valence-corrected chi connectivity index (χ1v) is 12.6. The molecule has 0 saturated carbocycles. The molecule has 1 aliphatic rings. The number of halogens is 1. The van der Waals surface area contributed by atoms with E-state index in [1.807, 2.05) is 41.8 Å². The second-order valence-electron chi connectivity index (χ2n) is 9.21. The molecule has 0 aliphatic carbocycles. The Morgan fingerprint density at radius 3 is 2.40 bits per heavy atom. The van der Waals surface area contributed by atoms with E-state index in [2.05, 4.69) is 52.5 Å². The van der Waals surface area contributed by atoms with E-state index >= 15 is 0 Å². The highest BCUT2D eigenvalue weighted by molar-refractivity contribution is 6.30. The Balaban J connectivity index is 1.26. The first-order chi connectivity index (χ1) is 17.0. The summed E-state index contributed by atoms with van der Waals surface area (Å²) in [4.78, 5) is 19.8. The number of aryl methyl sites for hydroxylation is 2. The predicted octanol–water partition coefficient (Wildman–Crippen LogP) is 5.45. The number of hydrogen-bond acceptors (Lipinski definition) is 4. The number of hydrogen-bond donors (Lipinski definition) is 1. The van der Waals surface area contributed by atoms with Crippen LogP contribution in [0.4, 0.5) is 5.82 Å². The molecule has 7 heteroatoms. The lowest BCUT2D eigenvalue weighted by Gasteiger charge is -2.33. The SMILES string of the molecule is CCc1ccc(CNC(=O)C2CCN(c3cc(C)nc4cc(-c5ccc(Cl)cc5)nn34)CC2)cc1. The van der Waals surface area contributed by atoms with Crippen LogP contribution in [-0.4, -0.2) is 33.6 Å². The highest BCUT2D eigenvalue weighted by Crippen LogP contribution is 2.27. The van der Waals surface area contributed by atoms with E-state index in [1.165, 1.54) is 5.56 Å². The van der Waals surface area contributed by atoms with Gasteiger partial charge in [0.2, 0.25) is 5.91 Å². The van der Waals surface area contributed by atoms with Crippen molar-refractivity contribution in [1.82, 2.24) is 19.9 Å². The van der Waals surface area contributed by atoms with Crippen molar-refractivity contribution in [3.8, 4) is 11.3 Å². The van der Waals surface area contributed by atoms with Crippen LogP contribution >= 0.6 is 11.6 Å². The summed E-state index contributed by atoms with van der Waals surface area (Å²) < 4.78 is 1.91. The lowest BCUT2D eigenvalue weighted by Crippen LogP contribution is -2.41. The van der Waals surface area contributed by atoms with Gasteiger partial charge in [-0.1, -0.05) is 54.9 Å². The molecule has 2 aromatic heterocycles. The lowest BCUT2D eigenvalue weighted by molar-refractivity contribution is -0.125. The van der Waals surface area contributed by atoms with Gasteiger partial charge in [-0.15, -0.1) is 0 Å². The highest BCUT2D eigenvalue weighted by atomic mass is 35.5. The molecule has 1 fully saturated rings. The molecule has 1 aliphatic heterocycles.